The number of aliphatic hydroxyl groups is 3. The second-order valence-corrected chi connectivity index (χ2v) is 7.67. The standard InChI is InChI=1S/C22H20O13/c1-32-11-5-8(23)6-12-13(11)14(26)19(18(33-12)7-2-3-9(24)10(25)4-7)34-22-17(29)15(27)16(28)20(35-22)21(30)31/h2-6,15-17,20,22-25,27-29H,1H3,(H,30,31). The van der Waals surface area contributed by atoms with Crippen LogP contribution in [0.15, 0.2) is 39.5 Å². The molecule has 4 rings (SSSR count). The van der Waals surface area contributed by atoms with Crippen molar-refractivity contribution in [3.63, 3.8) is 0 Å². The number of methoxy groups -OCH3 is 1. The molecule has 5 atom stereocenters. The highest BCUT2D eigenvalue weighted by atomic mass is 16.7. The summed E-state index contributed by atoms with van der Waals surface area (Å²) >= 11 is 0. The van der Waals surface area contributed by atoms with E-state index in [-0.39, 0.29) is 33.8 Å². The number of hydrogen-bond donors (Lipinski definition) is 7. The second kappa shape index (κ2) is 8.96. The summed E-state index contributed by atoms with van der Waals surface area (Å²) in [5, 5.41) is 68.9. The van der Waals surface area contributed by atoms with Gasteiger partial charge in [0.1, 0.15) is 40.8 Å². The third-order valence-corrected chi connectivity index (χ3v) is 5.41. The molecule has 186 valence electrons. The van der Waals surface area contributed by atoms with Crippen molar-refractivity contribution in [1.29, 1.82) is 0 Å². The summed E-state index contributed by atoms with van der Waals surface area (Å²) in [4.78, 5) is 24.9. The Hall–Kier alpha value is -4.04. The highest BCUT2D eigenvalue weighted by Gasteiger charge is 2.48. The Bertz CT molecular complexity index is 1350. The van der Waals surface area contributed by atoms with Crippen LogP contribution in [0, 0.1) is 0 Å². The molecule has 2 aromatic carbocycles. The van der Waals surface area contributed by atoms with Gasteiger partial charge >= 0.3 is 5.97 Å². The molecule has 3 aromatic rings. The zero-order valence-electron chi connectivity index (χ0n) is 17.9. The Kier molecular flexibility index (Phi) is 6.17. The summed E-state index contributed by atoms with van der Waals surface area (Å²) in [6.07, 6.45) is -9.94. The molecule has 7 N–H and O–H groups in total. The molecule has 0 aliphatic carbocycles. The topological polar surface area (TPSA) is 217 Å². The van der Waals surface area contributed by atoms with E-state index >= 15 is 0 Å². The SMILES string of the molecule is COc1cc(O)cc2oc(-c3ccc(O)c(O)c3)c(OC3OC(C(=O)O)C(O)C(O)C3O)c(=O)c12. The molecule has 13 nitrogen and oxygen atoms in total. The Morgan fingerprint density at radius 1 is 0.971 bits per heavy atom. The first kappa shape index (κ1) is 24.1. The number of benzene rings is 2. The van der Waals surface area contributed by atoms with Crippen LogP contribution in [0.3, 0.4) is 0 Å². The number of aromatic hydroxyl groups is 3. The van der Waals surface area contributed by atoms with Crippen LogP contribution in [0.2, 0.25) is 0 Å². The maximum atomic E-state index is 13.5. The smallest absolute Gasteiger partial charge is 0.335 e. The van der Waals surface area contributed by atoms with Crippen molar-refractivity contribution < 1.29 is 59.2 Å². The van der Waals surface area contributed by atoms with E-state index in [1.54, 1.807) is 0 Å². The van der Waals surface area contributed by atoms with Crippen LogP contribution in [0.5, 0.6) is 28.7 Å². The van der Waals surface area contributed by atoms with Gasteiger partial charge in [-0.3, -0.25) is 4.79 Å². The number of hydrogen-bond acceptors (Lipinski definition) is 12. The fourth-order valence-corrected chi connectivity index (χ4v) is 3.64. The highest BCUT2D eigenvalue weighted by molar-refractivity contribution is 5.88. The number of phenols is 3. The lowest BCUT2D eigenvalue weighted by Crippen LogP contribution is -2.61. The molecule has 1 aromatic heterocycles. The summed E-state index contributed by atoms with van der Waals surface area (Å²) in [7, 11) is 1.23. The zero-order chi connectivity index (χ0) is 25.6. The van der Waals surface area contributed by atoms with Gasteiger partial charge in [0.25, 0.3) is 0 Å². The summed E-state index contributed by atoms with van der Waals surface area (Å²) in [6.45, 7) is 0. The minimum atomic E-state index is -2.00. The Labute approximate surface area is 195 Å². The molecule has 0 bridgehead atoms. The number of ether oxygens (including phenoxy) is 3. The Balaban J connectivity index is 1.93. The first-order valence-corrected chi connectivity index (χ1v) is 10.0. The maximum Gasteiger partial charge on any atom is 0.335 e. The normalized spacial score (nSPS) is 24.3. The highest BCUT2D eigenvalue weighted by Crippen LogP contribution is 2.39. The van der Waals surface area contributed by atoms with Gasteiger partial charge in [-0.25, -0.2) is 4.79 Å². The van der Waals surface area contributed by atoms with Crippen LogP contribution in [0.4, 0.5) is 0 Å². The number of aliphatic hydroxyl groups excluding tert-OH is 3. The van der Waals surface area contributed by atoms with Crippen LogP contribution in [0.1, 0.15) is 0 Å². The lowest BCUT2D eigenvalue weighted by Gasteiger charge is -2.38. The van der Waals surface area contributed by atoms with E-state index in [4.69, 9.17) is 18.6 Å². The predicted octanol–water partition coefficient (Wildman–Crippen LogP) is -0.144. The van der Waals surface area contributed by atoms with E-state index in [1.807, 2.05) is 0 Å². The number of fused-ring (bicyclic) bond motifs is 1. The van der Waals surface area contributed by atoms with Crippen molar-refractivity contribution in [3.8, 4) is 40.1 Å². The van der Waals surface area contributed by atoms with Crippen LogP contribution >= 0.6 is 0 Å². The summed E-state index contributed by atoms with van der Waals surface area (Å²) in [5.74, 6) is -4.16. The molecule has 2 heterocycles. The average molecular weight is 492 g/mol. The molecule has 1 saturated heterocycles. The molecule has 0 radical (unpaired) electrons. The average Bonchev–Trinajstić information content (AvgIpc) is 2.81. The van der Waals surface area contributed by atoms with E-state index in [2.05, 4.69) is 0 Å². The first-order chi connectivity index (χ1) is 16.5. The van der Waals surface area contributed by atoms with Crippen molar-refractivity contribution >= 4 is 16.9 Å². The van der Waals surface area contributed by atoms with Gasteiger partial charge in [-0.05, 0) is 18.2 Å². The molecule has 0 spiro atoms. The summed E-state index contributed by atoms with van der Waals surface area (Å²) in [6, 6.07) is 5.61. The Morgan fingerprint density at radius 2 is 1.69 bits per heavy atom. The van der Waals surface area contributed by atoms with Crippen molar-refractivity contribution in [1.82, 2.24) is 0 Å². The quantitative estimate of drug-likeness (QED) is 0.231. The number of carboxylic acids is 1. The molecule has 35 heavy (non-hydrogen) atoms. The minimum Gasteiger partial charge on any atom is -0.508 e. The monoisotopic (exact) mass is 492 g/mol. The molecular formula is C22H20O13. The van der Waals surface area contributed by atoms with E-state index < -0.39 is 59.4 Å². The molecule has 1 aliphatic heterocycles. The lowest BCUT2D eigenvalue weighted by molar-refractivity contribution is -0.271. The van der Waals surface area contributed by atoms with Crippen molar-refractivity contribution in [2.75, 3.05) is 7.11 Å². The van der Waals surface area contributed by atoms with Gasteiger partial charge in [0, 0.05) is 17.7 Å². The first-order valence-electron chi connectivity index (χ1n) is 10.0. The van der Waals surface area contributed by atoms with Crippen molar-refractivity contribution in [2.24, 2.45) is 0 Å². The molecule has 13 heteroatoms. The van der Waals surface area contributed by atoms with Gasteiger partial charge in [-0.15, -0.1) is 0 Å². The van der Waals surface area contributed by atoms with Gasteiger partial charge in [-0.1, -0.05) is 0 Å². The van der Waals surface area contributed by atoms with Gasteiger partial charge in [0.2, 0.25) is 17.5 Å². The molecule has 0 saturated carbocycles. The fourth-order valence-electron chi connectivity index (χ4n) is 3.64. The third kappa shape index (κ3) is 4.17. The van der Waals surface area contributed by atoms with E-state index in [1.165, 1.54) is 13.2 Å². The Morgan fingerprint density at radius 3 is 2.31 bits per heavy atom. The van der Waals surface area contributed by atoms with Gasteiger partial charge in [0.05, 0.1) is 7.11 Å². The van der Waals surface area contributed by atoms with E-state index in [9.17, 15) is 45.3 Å². The molecule has 5 unspecified atom stereocenters. The van der Waals surface area contributed by atoms with Gasteiger partial charge in [0.15, 0.2) is 23.4 Å². The summed E-state index contributed by atoms with van der Waals surface area (Å²) in [5.41, 5.74) is -1.07. The fraction of sp³-hybridized carbons (Fsp3) is 0.273. The molecule has 0 amide bonds. The molecular weight excluding hydrogens is 472 g/mol. The number of rotatable bonds is 5. The largest absolute Gasteiger partial charge is 0.508 e. The van der Waals surface area contributed by atoms with Crippen LogP contribution < -0.4 is 14.9 Å². The number of carbonyl (C=O) groups is 1. The zero-order valence-corrected chi connectivity index (χ0v) is 17.9. The molecule has 1 fully saturated rings. The van der Waals surface area contributed by atoms with Gasteiger partial charge < -0.3 is 54.4 Å². The molecule has 1 aliphatic rings. The second-order valence-electron chi connectivity index (χ2n) is 7.67. The predicted molar refractivity (Wildman–Crippen MR) is 114 cm³/mol. The van der Waals surface area contributed by atoms with Crippen molar-refractivity contribution in [3.05, 3.63) is 40.6 Å². The van der Waals surface area contributed by atoms with Crippen LogP contribution in [0.25, 0.3) is 22.3 Å². The summed E-state index contributed by atoms with van der Waals surface area (Å²) < 4.78 is 21.5. The van der Waals surface area contributed by atoms with Gasteiger partial charge in [-0.2, -0.15) is 0 Å². The maximum absolute atomic E-state index is 13.5. The lowest BCUT2D eigenvalue weighted by atomic mass is 9.99. The number of aliphatic carboxylic acids is 1. The number of carboxylic acid groups (broad SMARTS) is 1. The van der Waals surface area contributed by atoms with Crippen molar-refractivity contribution in [2.45, 2.75) is 30.7 Å². The van der Waals surface area contributed by atoms with Crippen LogP contribution in [-0.2, 0) is 9.53 Å². The third-order valence-electron chi connectivity index (χ3n) is 5.41. The number of phenolic OH excluding ortho intramolecular Hbond substituents is 3. The minimum absolute atomic E-state index is 0.00252. The van der Waals surface area contributed by atoms with Crippen LogP contribution in [-0.4, -0.2) is 79.5 Å². The van der Waals surface area contributed by atoms with E-state index in [0.717, 1.165) is 24.3 Å². The van der Waals surface area contributed by atoms with E-state index in [0.29, 0.717) is 0 Å².